The van der Waals surface area contributed by atoms with Crippen LogP contribution in [0.1, 0.15) is 64.2 Å². The smallest absolute Gasteiger partial charge is 0.0687 e. The van der Waals surface area contributed by atoms with E-state index < -0.39 is 0 Å². The first kappa shape index (κ1) is 14.2. The zero-order valence-corrected chi connectivity index (χ0v) is 12.7. The molecule has 3 rings (SSSR count). The van der Waals surface area contributed by atoms with Crippen molar-refractivity contribution < 1.29 is 9.47 Å². The molecular formula is C16H27ClO2. The maximum Gasteiger partial charge on any atom is 0.0687 e. The Morgan fingerprint density at radius 3 is 2.37 bits per heavy atom. The molecule has 2 saturated heterocycles. The van der Waals surface area contributed by atoms with Gasteiger partial charge in [-0.25, -0.2) is 0 Å². The van der Waals surface area contributed by atoms with E-state index in [-0.39, 0.29) is 11.0 Å². The maximum absolute atomic E-state index is 6.52. The fourth-order valence-corrected chi connectivity index (χ4v) is 4.66. The molecule has 0 aromatic carbocycles. The molecule has 1 saturated carbocycles. The van der Waals surface area contributed by atoms with Crippen LogP contribution in [0.3, 0.4) is 0 Å². The molecule has 3 aliphatic rings. The van der Waals surface area contributed by atoms with Gasteiger partial charge in [0.2, 0.25) is 0 Å². The van der Waals surface area contributed by atoms with Gasteiger partial charge in [0.25, 0.3) is 0 Å². The normalized spacial score (nSPS) is 33.6. The van der Waals surface area contributed by atoms with Crippen molar-refractivity contribution in [3.8, 4) is 0 Å². The number of rotatable bonds is 3. The lowest BCUT2D eigenvalue weighted by Gasteiger charge is -2.39. The number of alkyl halides is 1. The van der Waals surface area contributed by atoms with Gasteiger partial charge in [0.1, 0.15) is 0 Å². The zero-order valence-electron chi connectivity index (χ0n) is 12.0. The van der Waals surface area contributed by atoms with Gasteiger partial charge in [0, 0.05) is 19.1 Å². The van der Waals surface area contributed by atoms with E-state index >= 15 is 0 Å². The van der Waals surface area contributed by atoms with Crippen molar-refractivity contribution in [3.05, 3.63) is 0 Å². The highest BCUT2D eigenvalue weighted by Gasteiger charge is 2.44. The maximum atomic E-state index is 6.52. The number of halogens is 1. The molecule has 2 nitrogen and oxygen atoms in total. The molecule has 2 heterocycles. The number of hydrogen-bond acceptors (Lipinski definition) is 2. The molecule has 0 radical (unpaired) electrons. The van der Waals surface area contributed by atoms with Gasteiger partial charge in [-0.1, -0.05) is 19.3 Å². The molecule has 0 aromatic heterocycles. The Morgan fingerprint density at radius 1 is 0.947 bits per heavy atom. The zero-order chi connectivity index (χ0) is 13.2. The van der Waals surface area contributed by atoms with Crippen LogP contribution in [0.2, 0.25) is 0 Å². The largest absolute Gasteiger partial charge is 0.381 e. The van der Waals surface area contributed by atoms with Crippen molar-refractivity contribution in [2.45, 2.75) is 75.9 Å². The molecule has 2 aliphatic heterocycles. The summed E-state index contributed by atoms with van der Waals surface area (Å²) in [6.07, 6.45) is 13.1. The Labute approximate surface area is 122 Å². The van der Waals surface area contributed by atoms with Gasteiger partial charge in [0.05, 0.1) is 11.7 Å². The lowest BCUT2D eigenvalue weighted by molar-refractivity contribution is -0.0850. The second kappa shape index (κ2) is 5.91. The second-order valence-corrected chi connectivity index (χ2v) is 7.24. The van der Waals surface area contributed by atoms with Crippen LogP contribution in [0.4, 0.5) is 0 Å². The molecule has 3 heteroatoms. The van der Waals surface area contributed by atoms with E-state index in [1.807, 2.05) is 0 Å². The third-order valence-corrected chi connectivity index (χ3v) is 6.17. The summed E-state index contributed by atoms with van der Waals surface area (Å²) >= 11 is 6.28. The predicted molar refractivity (Wildman–Crippen MR) is 77.7 cm³/mol. The molecule has 0 amide bonds. The van der Waals surface area contributed by atoms with Crippen molar-refractivity contribution in [2.75, 3.05) is 19.1 Å². The van der Waals surface area contributed by atoms with Crippen molar-refractivity contribution in [1.29, 1.82) is 0 Å². The quantitative estimate of drug-likeness (QED) is 0.721. The monoisotopic (exact) mass is 286 g/mol. The molecule has 3 fully saturated rings. The topological polar surface area (TPSA) is 18.5 Å². The fourth-order valence-electron chi connectivity index (χ4n) is 4.28. The molecule has 1 unspecified atom stereocenters. The summed E-state index contributed by atoms with van der Waals surface area (Å²) in [5.41, 5.74) is 0.534. The third kappa shape index (κ3) is 3.11. The van der Waals surface area contributed by atoms with Crippen LogP contribution in [0.15, 0.2) is 0 Å². The van der Waals surface area contributed by atoms with Gasteiger partial charge in [-0.05, 0) is 50.4 Å². The first-order valence-electron chi connectivity index (χ1n) is 8.08. The number of hydrogen-bond donors (Lipinski definition) is 0. The van der Waals surface area contributed by atoms with Gasteiger partial charge in [-0.2, -0.15) is 0 Å². The van der Waals surface area contributed by atoms with Crippen molar-refractivity contribution in [2.24, 2.45) is 5.41 Å². The molecule has 19 heavy (non-hydrogen) atoms. The highest BCUT2D eigenvalue weighted by molar-refractivity contribution is 6.18. The Morgan fingerprint density at radius 2 is 1.68 bits per heavy atom. The molecule has 110 valence electrons. The standard InChI is InChI=1S/C16H27ClO2/c17-13-15(8-10-18-11-9-15)12-14-4-7-16(19-14)5-2-1-3-6-16/h14H,1-13H2. The van der Waals surface area contributed by atoms with Gasteiger partial charge < -0.3 is 9.47 Å². The molecule has 1 atom stereocenters. The van der Waals surface area contributed by atoms with Crippen LogP contribution in [0.5, 0.6) is 0 Å². The van der Waals surface area contributed by atoms with Crippen LogP contribution in [-0.4, -0.2) is 30.8 Å². The van der Waals surface area contributed by atoms with Crippen molar-refractivity contribution in [3.63, 3.8) is 0 Å². The lowest BCUT2D eigenvalue weighted by atomic mass is 9.77. The van der Waals surface area contributed by atoms with Gasteiger partial charge >= 0.3 is 0 Å². The first-order chi connectivity index (χ1) is 9.26. The Bertz CT molecular complexity index is 293. The van der Waals surface area contributed by atoms with Crippen LogP contribution in [0, 0.1) is 5.41 Å². The minimum atomic E-state index is 0.252. The summed E-state index contributed by atoms with van der Waals surface area (Å²) in [5.74, 6) is 0.767. The second-order valence-electron chi connectivity index (χ2n) is 6.97. The van der Waals surface area contributed by atoms with Gasteiger partial charge in [-0.3, -0.25) is 0 Å². The average Bonchev–Trinajstić information content (AvgIpc) is 2.83. The Kier molecular flexibility index (Phi) is 4.40. The molecule has 0 aromatic rings. The van der Waals surface area contributed by atoms with E-state index in [0.29, 0.717) is 6.10 Å². The van der Waals surface area contributed by atoms with E-state index in [9.17, 15) is 0 Å². The average molecular weight is 287 g/mol. The van der Waals surface area contributed by atoms with Crippen LogP contribution in [0.25, 0.3) is 0 Å². The summed E-state index contributed by atoms with van der Waals surface area (Å²) in [7, 11) is 0. The number of ether oxygens (including phenoxy) is 2. The molecule has 1 spiro atoms. The van der Waals surface area contributed by atoms with E-state index in [4.69, 9.17) is 21.1 Å². The molecular weight excluding hydrogens is 260 g/mol. The van der Waals surface area contributed by atoms with Crippen LogP contribution >= 0.6 is 11.6 Å². The minimum absolute atomic E-state index is 0.252. The van der Waals surface area contributed by atoms with E-state index in [0.717, 1.165) is 38.4 Å². The summed E-state index contributed by atoms with van der Waals surface area (Å²) < 4.78 is 12.0. The minimum Gasteiger partial charge on any atom is -0.381 e. The fraction of sp³-hybridized carbons (Fsp3) is 1.00. The first-order valence-corrected chi connectivity index (χ1v) is 8.61. The van der Waals surface area contributed by atoms with Crippen LogP contribution in [-0.2, 0) is 9.47 Å². The highest BCUT2D eigenvalue weighted by atomic mass is 35.5. The summed E-state index contributed by atoms with van der Waals surface area (Å²) in [6.45, 7) is 1.76. The predicted octanol–water partition coefficient (Wildman–Crippen LogP) is 4.29. The van der Waals surface area contributed by atoms with E-state index in [1.54, 1.807) is 0 Å². The van der Waals surface area contributed by atoms with Crippen molar-refractivity contribution in [1.82, 2.24) is 0 Å². The van der Waals surface area contributed by atoms with E-state index in [1.165, 1.54) is 44.9 Å². The summed E-state index contributed by atoms with van der Waals surface area (Å²) in [6, 6.07) is 0. The van der Waals surface area contributed by atoms with Crippen molar-refractivity contribution >= 4 is 11.6 Å². The van der Waals surface area contributed by atoms with Gasteiger partial charge in [-0.15, -0.1) is 11.6 Å². The van der Waals surface area contributed by atoms with Gasteiger partial charge in [0.15, 0.2) is 0 Å². The SMILES string of the molecule is ClCC1(CC2CCC3(CCCCC3)O2)CCOCC1. The molecule has 0 bridgehead atoms. The van der Waals surface area contributed by atoms with E-state index in [2.05, 4.69) is 0 Å². The Hall–Kier alpha value is 0.210. The third-order valence-electron chi connectivity index (χ3n) is 5.60. The summed E-state index contributed by atoms with van der Waals surface area (Å²) in [4.78, 5) is 0. The molecule has 0 N–H and O–H groups in total. The molecule has 1 aliphatic carbocycles. The summed E-state index contributed by atoms with van der Waals surface area (Å²) in [5, 5.41) is 0. The lowest BCUT2D eigenvalue weighted by Crippen LogP contribution is -2.37. The Balaban J connectivity index is 1.58. The highest BCUT2D eigenvalue weighted by Crippen LogP contribution is 2.46. The van der Waals surface area contributed by atoms with Crippen LogP contribution < -0.4 is 0 Å².